The molecule has 0 bridgehead atoms. The van der Waals surface area contributed by atoms with Gasteiger partial charge in [-0.05, 0) is 23.3 Å². The van der Waals surface area contributed by atoms with Crippen LogP contribution in [0.2, 0.25) is 5.02 Å². The van der Waals surface area contributed by atoms with Crippen molar-refractivity contribution in [3.8, 4) is 0 Å². The molecule has 4 rings (SSSR count). The molecule has 1 saturated heterocycles. The average molecular weight is 468 g/mol. The Morgan fingerprint density at radius 2 is 1.73 bits per heavy atom. The van der Waals surface area contributed by atoms with Crippen molar-refractivity contribution < 1.29 is 9.53 Å². The number of benzene rings is 2. The summed E-state index contributed by atoms with van der Waals surface area (Å²) in [4.78, 5) is 16.9. The number of hydrogen-bond acceptors (Lipinski definition) is 5. The van der Waals surface area contributed by atoms with E-state index in [1.165, 1.54) is 11.1 Å². The van der Waals surface area contributed by atoms with Gasteiger partial charge in [-0.2, -0.15) is 5.10 Å². The molecule has 0 saturated carbocycles. The molecule has 1 aliphatic rings. The first kappa shape index (κ1) is 23.4. The van der Waals surface area contributed by atoms with Crippen molar-refractivity contribution in [3.05, 3.63) is 83.0 Å². The van der Waals surface area contributed by atoms with Crippen LogP contribution in [0.15, 0.2) is 66.9 Å². The van der Waals surface area contributed by atoms with E-state index in [-0.39, 0.29) is 18.6 Å². The van der Waals surface area contributed by atoms with Crippen LogP contribution in [-0.2, 0) is 16.6 Å². The second-order valence-corrected chi connectivity index (χ2v) is 8.65. The van der Waals surface area contributed by atoms with Crippen LogP contribution >= 0.6 is 11.6 Å². The fourth-order valence-electron chi connectivity index (χ4n) is 4.16. The van der Waals surface area contributed by atoms with Gasteiger partial charge in [0.05, 0.1) is 12.6 Å². The van der Waals surface area contributed by atoms with Crippen molar-refractivity contribution in [1.29, 1.82) is 0 Å². The van der Waals surface area contributed by atoms with E-state index in [1.54, 1.807) is 16.9 Å². The molecule has 2 heterocycles. The van der Waals surface area contributed by atoms with Crippen molar-refractivity contribution in [1.82, 2.24) is 19.6 Å². The monoisotopic (exact) mass is 467 g/mol. The molecule has 1 amide bonds. The predicted molar refractivity (Wildman–Crippen MR) is 130 cm³/mol. The van der Waals surface area contributed by atoms with Crippen LogP contribution in [0.3, 0.4) is 0 Å². The number of carbonyl (C=O) groups excluding carboxylic acids is 1. The Bertz CT molecular complexity index is 1020. The third kappa shape index (κ3) is 6.65. The summed E-state index contributed by atoms with van der Waals surface area (Å²) in [5.41, 5.74) is 2.54. The number of amides is 1. The average Bonchev–Trinajstić information content (AvgIpc) is 3.24. The first-order valence-corrected chi connectivity index (χ1v) is 11.6. The van der Waals surface area contributed by atoms with Gasteiger partial charge in [-0.1, -0.05) is 54.1 Å². The summed E-state index contributed by atoms with van der Waals surface area (Å²) >= 11 is 6.13. The summed E-state index contributed by atoms with van der Waals surface area (Å²) < 4.78 is 7.23. The lowest BCUT2D eigenvalue weighted by atomic mass is 9.96. The molecular formula is C25H30ClN5O2. The second-order valence-electron chi connectivity index (χ2n) is 8.22. The summed E-state index contributed by atoms with van der Waals surface area (Å²) in [6.45, 7) is 5.20. The topological polar surface area (TPSA) is 62.6 Å². The molecule has 174 valence electrons. The summed E-state index contributed by atoms with van der Waals surface area (Å²) in [6, 6.07) is 20.7. The Kier molecular flexibility index (Phi) is 8.12. The lowest BCUT2D eigenvalue weighted by Crippen LogP contribution is -2.48. The van der Waals surface area contributed by atoms with Crippen molar-refractivity contribution in [3.63, 3.8) is 0 Å². The van der Waals surface area contributed by atoms with E-state index in [1.807, 2.05) is 19.2 Å². The molecule has 0 radical (unpaired) electrons. The number of aryl methyl sites for hydroxylation is 1. The Morgan fingerprint density at radius 1 is 1.03 bits per heavy atom. The normalized spacial score (nSPS) is 15.9. The standard InChI is InChI=1S/C25H30ClN5O2/c1-29-12-11-23(28-29)27-24(32)19-33-18-17-30-13-15-31(16-14-30)25(20-5-3-2-4-6-20)21-7-9-22(26)10-8-21/h2-12,25H,13-19H2,1H3,(H,27,28,32). The van der Waals surface area contributed by atoms with Gasteiger partial charge in [-0.3, -0.25) is 19.3 Å². The van der Waals surface area contributed by atoms with Gasteiger partial charge in [0.1, 0.15) is 6.61 Å². The molecule has 8 heteroatoms. The summed E-state index contributed by atoms with van der Waals surface area (Å²) in [6.07, 6.45) is 1.78. The molecule has 2 aromatic carbocycles. The van der Waals surface area contributed by atoms with Crippen LogP contribution in [-0.4, -0.2) is 71.4 Å². The van der Waals surface area contributed by atoms with E-state index in [0.29, 0.717) is 12.4 Å². The number of rotatable bonds is 9. The van der Waals surface area contributed by atoms with Crippen molar-refractivity contribution in [2.75, 3.05) is 51.3 Å². The fraction of sp³-hybridized carbons (Fsp3) is 0.360. The maximum Gasteiger partial charge on any atom is 0.251 e. The first-order valence-electron chi connectivity index (χ1n) is 11.2. The number of hydrogen-bond donors (Lipinski definition) is 1. The highest BCUT2D eigenvalue weighted by Gasteiger charge is 2.26. The highest BCUT2D eigenvalue weighted by Crippen LogP contribution is 2.30. The highest BCUT2D eigenvalue weighted by molar-refractivity contribution is 6.30. The zero-order valence-corrected chi connectivity index (χ0v) is 19.6. The Hall–Kier alpha value is -2.71. The number of ether oxygens (including phenoxy) is 1. The molecule has 1 atom stereocenters. The van der Waals surface area contributed by atoms with Gasteiger partial charge in [0, 0.05) is 57.1 Å². The molecule has 7 nitrogen and oxygen atoms in total. The lowest BCUT2D eigenvalue weighted by Gasteiger charge is -2.39. The third-order valence-corrected chi connectivity index (χ3v) is 6.09. The zero-order chi connectivity index (χ0) is 23.0. The largest absolute Gasteiger partial charge is 0.370 e. The van der Waals surface area contributed by atoms with Gasteiger partial charge in [0.25, 0.3) is 5.91 Å². The van der Waals surface area contributed by atoms with Crippen LogP contribution in [0, 0.1) is 0 Å². The van der Waals surface area contributed by atoms with Crippen LogP contribution in [0.1, 0.15) is 17.2 Å². The Morgan fingerprint density at radius 3 is 2.39 bits per heavy atom. The van der Waals surface area contributed by atoms with Gasteiger partial charge in [0.2, 0.25) is 0 Å². The number of piperazine rings is 1. The zero-order valence-electron chi connectivity index (χ0n) is 18.9. The van der Waals surface area contributed by atoms with E-state index in [2.05, 4.69) is 62.7 Å². The van der Waals surface area contributed by atoms with Crippen LogP contribution < -0.4 is 5.32 Å². The molecule has 1 fully saturated rings. The van der Waals surface area contributed by atoms with Crippen LogP contribution in [0.4, 0.5) is 5.82 Å². The van der Waals surface area contributed by atoms with Gasteiger partial charge >= 0.3 is 0 Å². The number of halogens is 1. The molecule has 1 unspecified atom stereocenters. The highest BCUT2D eigenvalue weighted by atomic mass is 35.5. The van der Waals surface area contributed by atoms with Crippen molar-refractivity contribution in [2.45, 2.75) is 6.04 Å². The van der Waals surface area contributed by atoms with Gasteiger partial charge in [0.15, 0.2) is 5.82 Å². The minimum Gasteiger partial charge on any atom is -0.370 e. The lowest BCUT2D eigenvalue weighted by molar-refractivity contribution is -0.120. The van der Waals surface area contributed by atoms with E-state index in [0.717, 1.165) is 37.7 Å². The van der Waals surface area contributed by atoms with E-state index in [9.17, 15) is 4.79 Å². The van der Waals surface area contributed by atoms with Gasteiger partial charge in [-0.15, -0.1) is 0 Å². The Labute approximate surface area is 199 Å². The maximum atomic E-state index is 12.0. The molecule has 0 aliphatic carbocycles. The van der Waals surface area contributed by atoms with E-state index in [4.69, 9.17) is 16.3 Å². The summed E-state index contributed by atoms with van der Waals surface area (Å²) in [5.74, 6) is 0.350. The molecule has 1 N–H and O–H groups in total. The van der Waals surface area contributed by atoms with Gasteiger partial charge in [-0.25, -0.2) is 0 Å². The number of nitrogens with one attached hydrogen (secondary N) is 1. The maximum absolute atomic E-state index is 12.0. The SMILES string of the molecule is Cn1ccc(NC(=O)COCCN2CCN(C(c3ccccc3)c3ccc(Cl)cc3)CC2)n1. The second kappa shape index (κ2) is 11.4. The summed E-state index contributed by atoms with van der Waals surface area (Å²) in [7, 11) is 1.81. The van der Waals surface area contributed by atoms with E-state index < -0.39 is 0 Å². The number of aromatic nitrogens is 2. The smallest absolute Gasteiger partial charge is 0.251 e. The van der Waals surface area contributed by atoms with E-state index >= 15 is 0 Å². The van der Waals surface area contributed by atoms with Crippen molar-refractivity contribution >= 4 is 23.3 Å². The fourth-order valence-corrected chi connectivity index (χ4v) is 4.28. The molecule has 1 aromatic heterocycles. The molecule has 1 aliphatic heterocycles. The summed E-state index contributed by atoms with van der Waals surface area (Å²) in [5, 5.41) is 7.61. The number of carbonyl (C=O) groups is 1. The molecule has 33 heavy (non-hydrogen) atoms. The third-order valence-electron chi connectivity index (χ3n) is 5.84. The van der Waals surface area contributed by atoms with Crippen LogP contribution in [0.5, 0.6) is 0 Å². The van der Waals surface area contributed by atoms with Crippen molar-refractivity contribution in [2.24, 2.45) is 7.05 Å². The minimum absolute atomic E-state index is 0.0309. The quantitative estimate of drug-likeness (QED) is 0.488. The van der Waals surface area contributed by atoms with Crippen LogP contribution in [0.25, 0.3) is 0 Å². The Balaban J connectivity index is 1.24. The first-order chi connectivity index (χ1) is 16.1. The van der Waals surface area contributed by atoms with Gasteiger partial charge < -0.3 is 10.1 Å². The number of anilines is 1. The predicted octanol–water partition coefficient (Wildman–Crippen LogP) is 3.44. The number of nitrogens with zero attached hydrogens (tertiary/aromatic N) is 4. The molecular weight excluding hydrogens is 438 g/mol. The minimum atomic E-state index is -0.188. The molecule has 3 aromatic rings. The molecule has 0 spiro atoms.